The first-order valence-corrected chi connectivity index (χ1v) is 9.80. The van der Waals surface area contributed by atoms with Gasteiger partial charge in [-0.15, -0.1) is 0 Å². The number of carboxylic acid groups (broad SMARTS) is 1. The van der Waals surface area contributed by atoms with Crippen LogP contribution in [0.15, 0.2) is 60.7 Å². The number of hydrogen-bond acceptors (Lipinski definition) is 3. The van der Waals surface area contributed by atoms with Crippen LogP contribution < -0.4 is 10.1 Å². The Bertz CT molecular complexity index is 1170. The number of nitrogens with one attached hydrogen (secondary N) is 1. The summed E-state index contributed by atoms with van der Waals surface area (Å²) in [6.45, 7) is 0.111. The van der Waals surface area contributed by atoms with Crippen LogP contribution in [0.1, 0.15) is 33.5 Å². The molecule has 0 fully saturated rings. The quantitative estimate of drug-likeness (QED) is 0.546. The highest BCUT2D eigenvalue weighted by molar-refractivity contribution is 5.95. The van der Waals surface area contributed by atoms with Crippen LogP contribution in [0.2, 0.25) is 0 Å². The highest BCUT2D eigenvalue weighted by Gasteiger charge is 2.30. The Hall–Kier alpha value is -3.81. The van der Waals surface area contributed by atoms with Crippen molar-refractivity contribution in [2.45, 2.75) is 25.6 Å². The van der Waals surface area contributed by atoms with Crippen molar-refractivity contribution in [1.29, 1.82) is 0 Å². The zero-order valence-corrected chi connectivity index (χ0v) is 16.7. The number of aryl methyl sites for hydroxylation is 1. The summed E-state index contributed by atoms with van der Waals surface area (Å²) in [4.78, 5) is 22.8. The molecule has 0 saturated heterocycles. The van der Waals surface area contributed by atoms with E-state index < -0.39 is 17.7 Å². The monoisotopic (exact) mass is 441 g/mol. The average Bonchev–Trinajstić information content (AvgIpc) is 2.76. The van der Waals surface area contributed by atoms with Gasteiger partial charge in [0.15, 0.2) is 0 Å². The molecule has 8 heteroatoms. The molecule has 1 aliphatic rings. The van der Waals surface area contributed by atoms with Crippen molar-refractivity contribution in [1.82, 2.24) is 0 Å². The zero-order chi connectivity index (χ0) is 22.9. The van der Waals surface area contributed by atoms with Crippen LogP contribution in [0.4, 0.5) is 18.9 Å². The number of aromatic carboxylic acids is 1. The Morgan fingerprint density at radius 1 is 1.00 bits per heavy atom. The van der Waals surface area contributed by atoms with E-state index in [9.17, 15) is 22.8 Å². The van der Waals surface area contributed by atoms with Gasteiger partial charge in [-0.2, -0.15) is 13.2 Å². The van der Waals surface area contributed by atoms with E-state index in [0.29, 0.717) is 35.4 Å². The third kappa shape index (κ3) is 4.59. The van der Waals surface area contributed by atoms with Gasteiger partial charge in [0.05, 0.1) is 11.1 Å². The molecule has 0 spiro atoms. The number of amides is 1. The van der Waals surface area contributed by atoms with Crippen LogP contribution in [0, 0.1) is 0 Å². The van der Waals surface area contributed by atoms with E-state index in [1.165, 1.54) is 24.3 Å². The largest absolute Gasteiger partial charge is 0.488 e. The molecule has 0 radical (unpaired) electrons. The van der Waals surface area contributed by atoms with Crippen molar-refractivity contribution >= 4 is 17.6 Å². The predicted molar refractivity (Wildman–Crippen MR) is 112 cm³/mol. The van der Waals surface area contributed by atoms with E-state index in [4.69, 9.17) is 9.84 Å². The molecule has 4 rings (SSSR count). The fourth-order valence-electron chi connectivity index (χ4n) is 3.50. The number of anilines is 1. The maximum Gasteiger partial charge on any atom is 0.416 e. The summed E-state index contributed by atoms with van der Waals surface area (Å²) in [5.74, 6) is -0.754. The lowest BCUT2D eigenvalue weighted by atomic mass is 9.95. The summed E-state index contributed by atoms with van der Waals surface area (Å²) in [5, 5.41) is 11.8. The summed E-state index contributed by atoms with van der Waals surface area (Å²) >= 11 is 0. The SMILES string of the molecule is O=C1CCc2cc(-c3ccc(C(F)(F)F)cc3)c(OCc3ccc(C(=O)O)cc3)cc2N1. The van der Waals surface area contributed by atoms with E-state index in [1.54, 1.807) is 18.2 Å². The Morgan fingerprint density at radius 3 is 2.31 bits per heavy atom. The zero-order valence-electron chi connectivity index (χ0n) is 16.7. The van der Waals surface area contributed by atoms with E-state index in [2.05, 4.69) is 5.32 Å². The fourth-order valence-corrected chi connectivity index (χ4v) is 3.50. The first kappa shape index (κ1) is 21.4. The van der Waals surface area contributed by atoms with Crippen molar-refractivity contribution in [3.63, 3.8) is 0 Å². The molecule has 3 aromatic rings. The number of fused-ring (bicyclic) bond motifs is 1. The molecule has 0 atom stereocenters. The molecule has 3 aromatic carbocycles. The van der Waals surface area contributed by atoms with Crippen molar-refractivity contribution in [2.24, 2.45) is 0 Å². The average molecular weight is 441 g/mol. The number of benzene rings is 3. The summed E-state index contributed by atoms with van der Waals surface area (Å²) in [5.41, 5.74) is 2.76. The van der Waals surface area contributed by atoms with Crippen LogP contribution in [-0.2, 0) is 24.0 Å². The van der Waals surface area contributed by atoms with Gasteiger partial charge in [-0.25, -0.2) is 4.79 Å². The lowest BCUT2D eigenvalue weighted by molar-refractivity contribution is -0.137. The Labute approximate surface area is 181 Å². The summed E-state index contributed by atoms with van der Waals surface area (Å²) in [6, 6.07) is 14.5. The van der Waals surface area contributed by atoms with Gasteiger partial charge in [-0.05, 0) is 53.4 Å². The second-order valence-electron chi connectivity index (χ2n) is 7.42. The van der Waals surface area contributed by atoms with Gasteiger partial charge < -0.3 is 15.2 Å². The molecule has 0 aromatic heterocycles. The molecule has 32 heavy (non-hydrogen) atoms. The Morgan fingerprint density at radius 2 is 1.69 bits per heavy atom. The number of carbonyl (C=O) groups excluding carboxylic acids is 1. The molecule has 0 aliphatic carbocycles. The minimum absolute atomic E-state index is 0.111. The van der Waals surface area contributed by atoms with Gasteiger partial charge in [0, 0.05) is 23.7 Å². The van der Waals surface area contributed by atoms with Gasteiger partial charge in [-0.3, -0.25) is 4.79 Å². The second kappa shape index (κ2) is 8.37. The third-order valence-electron chi connectivity index (χ3n) is 5.22. The molecular weight excluding hydrogens is 423 g/mol. The molecule has 5 nitrogen and oxygen atoms in total. The van der Waals surface area contributed by atoms with Gasteiger partial charge >= 0.3 is 12.1 Å². The minimum atomic E-state index is -4.43. The number of hydrogen-bond donors (Lipinski definition) is 2. The summed E-state index contributed by atoms with van der Waals surface area (Å²) < 4.78 is 44.8. The summed E-state index contributed by atoms with van der Waals surface area (Å²) in [7, 11) is 0. The van der Waals surface area contributed by atoms with E-state index in [-0.39, 0.29) is 18.1 Å². The normalized spacial score (nSPS) is 13.3. The minimum Gasteiger partial charge on any atom is -0.488 e. The molecule has 0 saturated carbocycles. The smallest absolute Gasteiger partial charge is 0.416 e. The van der Waals surface area contributed by atoms with Gasteiger partial charge in [0.25, 0.3) is 0 Å². The number of rotatable bonds is 5. The number of halogens is 3. The highest BCUT2D eigenvalue weighted by atomic mass is 19.4. The van der Waals surface area contributed by atoms with Crippen LogP contribution >= 0.6 is 0 Å². The molecule has 164 valence electrons. The molecule has 1 heterocycles. The van der Waals surface area contributed by atoms with Crippen LogP contribution in [0.25, 0.3) is 11.1 Å². The maximum absolute atomic E-state index is 12.9. The fraction of sp³-hybridized carbons (Fsp3) is 0.167. The molecule has 1 aliphatic heterocycles. The molecule has 0 unspecified atom stereocenters. The highest BCUT2D eigenvalue weighted by Crippen LogP contribution is 2.39. The van der Waals surface area contributed by atoms with Crippen LogP contribution in [0.3, 0.4) is 0 Å². The van der Waals surface area contributed by atoms with Gasteiger partial charge in [-0.1, -0.05) is 24.3 Å². The first-order valence-electron chi connectivity index (χ1n) is 9.80. The molecule has 2 N–H and O–H groups in total. The van der Waals surface area contributed by atoms with Gasteiger partial charge in [0.1, 0.15) is 12.4 Å². The van der Waals surface area contributed by atoms with E-state index in [0.717, 1.165) is 23.3 Å². The van der Waals surface area contributed by atoms with Crippen molar-refractivity contribution < 1.29 is 32.6 Å². The number of alkyl halides is 3. The number of carboxylic acids is 1. The van der Waals surface area contributed by atoms with Crippen molar-refractivity contribution in [3.8, 4) is 16.9 Å². The van der Waals surface area contributed by atoms with Crippen LogP contribution in [-0.4, -0.2) is 17.0 Å². The summed E-state index contributed by atoms with van der Waals surface area (Å²) in [6.07, 6.45) is -3.58. The maximum atomic E-state index is 12.9. The molecular formula is C24H18F3NO4. The molecule has 0 bridgehead atoms. The predicted octanol–water partition coefficient (Wildman–Crippen LogP) is 5.53. The second-order valence-corrected chi connectivity index (χ2v) is 7.42. The topological polar surface area (TPSA) is 75.6 Å². The first-order chi connectivity index (χ1) is 15.2. The van der Waals surface area contributed by atoms with E-state index in [1.807, 2.05) is 6.07 Å². The Kier molecular flexibility index (Phi) is 5.61. The van der Waals surface area contributed by atoms with E-state index >= 15 is 0 Å². The van der Waals surface area contributed by atoms with Crippen molar-refractivity contribution in [2.75, 3.05) is 5.32 Å². The lowest BCUT2D eigenvalue weighted by Crippen LogP contribution is -2.19. The number of carbonyl (C=O) groups is 2. The Balaban J connectivity index is 1.67. The third-order valence-corrected chi connectivity index (χ3v) is 5.22. The standard InChI is InChI=1S/C24H18F3NO4/c25-24(26,27)18-8-5-15(6-9-18)19-11-17-7-10-22(29)28-20(17)12-21(19)32-13-14-1-3-16(4-2-14)23(30)31/h1-6,8-9,11-12H,7,10,13H2,(H,28,29)(H,30,31). The molecule has 1 amide bonds. The van der Waals surface area contributed by atoms with Gasteiger partial charge in [0.2, 0.25) is 5.91 Å². The van der Waals surface area contributed by atoms with Crippen molar-refractivity contribution in [3.05, 3.63) is 82.9 Å². The number of ether oxygens (including phenoxy) is 1. The van der Waals surface area contributed by atoms with Crippen LogP contribution in [0.5, 0.6) is 5.75 Å². The lowest BCUT2D eigenvalue weighted by Gasteiger charge is -2.21.